The van der Waals surface area contributed by atoms with E-state index < -0.39 is 22.0 Å². The summed E-state index contributed by atoms with van der Waals surface area (Å²) >= 11 is 0. The Kier molecular flexibility index (Phi) is 9.23. The van der Waals surface area contributed by atoms with Crippen LogP contribution in [0.3, 0.4) is 0 Å². The maximum atomic E-state index is 13.4. The molecule has 0 fully saturated rings. The Hall–Kier alpha value is -3.23. The molecule has 8 heteroatoms. The van der Waals surface area contributed by atoms with Crippen molar-refractivity contribution in [1.29, 1.82) is 0 Å². The van der Waals surface area contributed by atoms with Crippen molar-refractivity contribution in [2.75, 3.05) is 20.1 Å². The maximum absolute atomic E-state index is 13.4. The van der Waals surface area contributed by atoms with Crippen LogP contribution >= 0.6 is 0 Å². The number of sulfonamides is 1. The van der Waals surface area contributed by atoms with E-state index in [9.17, 15) is 18.0 Å². The van der Waals surface area contributed by atoms with Gasteiger partial charge in [-0.2, -0.15) is 4.31 Å². The molecular weight excluding hydrogens is 474 g/mol. The summed E-state index contributed by atoms with van der Waals surface area (Å²) in [4.78, 5) is 27.9. The third kappa shape index (κ3) is 6.71. The average Bonchev–Trinajstić information content (AvgIpc) is 2.88. The molecule has 0 spiro atoms. The van der Waals surface area contributed by atoms with Crippen molar-refractivity contribution in [2.24, 2.45) is 0 Å². The molecule has 36 heavy (non-hydrogen) atoms. The minimum atomic E-state index is -3.91. The van der Waals surface area contributed by atoms with Crippen LogP contribution in [0.2, 0.25) is 0 Å². The smallest absolute Gasteiger partial charge is 0.243 e. The van der Waals surface area contributed by atoms with E-state index in [2.05, 4.69) is 5.32 Å². The van der Waals surface area contributed by atoms with E-state index in [4.69, 9.17) is 0 Å². The molecule has 2 amide bonds. The van der Waals surface area contributed by atoms with Crippen molar-refractivity contribution >= 4 is 32.6 Å². The van der Waals surface area contributed by atoms with Crippen molar-refractivity contribution in [3.05, 3.63) is 78.4 Å². The fourth-order valence-corrected chi connectivity index (χ4v) is 5.07. The second kappa shape index (κ2) is 12.1. The van der Waals surface area contributed by atoms with Crippen LogP contribution in [0.4, 0.5) is 0 Å². The monoisotopic (exact) mass is 509 g/mol. The fraction of sp³-hybridized carbons (Fsp3) is 0.357. The number of nitrogens with zero attached hydrogens (tertiary/aromatic N) is 2. The molecule has 2 atom stereocenters. The van der Waals surface area contributed by atoms with E-state index in [0.717, 1.165) is 27.1 Å². The lowest BCUT2D eigenvalue weighted by molar-refractivity contribution is -0.140. The molecular formula is C28H35N3O4S. The third-order valence-corrected chi connectivity index (χ3v) is 8.24. The summed E-state index contributed by atoms with van der Waals surface area (Å²) in [6.07, 6.45) is 1.32. The van der Waals surface area contributed by atoms with Crippen LogP contribution in [-0.4, -0.2) is 61.7 Å². The van der Waals surface area contributed by atoms with Gasteiger partial charge in [0.05, 0.1) is 11.4 Å². The number of nitrogens with one attached hydrogen (secondary N) is 1. The molecule has 0 saturated carbocycles. The minimum absolute atomic E-state index is 0.0259. The highest BCUT2D eigenvalue weighted by molar-refractivity contribution is 7.89. The average molecular weight is 510 g/mol. The summed E-state index contributed by atoms with van der Waals surface area (Å²) < 4.78 is 27.6. The van der Waals surface area contributed by atoms with Gasteiger partial charge in [0.25, 0.3) is 0 Å². The quantitative estimate of drug-likeness (QED) is 0.426. The molecule has 3 aromatic rings. The highest BCUT2D eigenvalue weighted by Gasteiger charge is 2.30. The van der Waals surface area contributed by atoms with E-state index in [-0.39, 0.29) is 23.4 Å². The van der Waals surface area contributed by atoms with E-state index in [1.165, 1.54) is 11.9 Å². The number of hydrogen-bond acceptors (Lipinski definition) is 4. The van der Waals surface area contributed by atoms with Gasteiger partial charge in [0, 0.05) is 19.6 Å². The van der Waals surface area contributed by atoms with Crippen molar-refractivity contribution in [3.63, 3.8) is 0 Å². The molecule has 0 bridgehead atoms. The second-order valence-corrected chi connectivity index (χ2v) is 11.1. The third-order valence-electron chi connectivity index (χ3n) is 6.44. The zero-order chi connectivity index (χ0) is 26.3. The summed E-state index contributed by atoms with van der Waals surface area (Å²) in [5.41, 5.74) is 1.03. The zero-order valence-corrected chi connectivity index (χ0v) is 22.2. The van der Waals surface area contributed by atoms with E-state index in [0.29, 0.717) is 13.0 Å². The van der Waals surface area contributed by atoms with Gasteiger partial charge in [-0.1, -0.05) is 67.6 Å². The lowest BCUT2D eigenvalue weighted by Gasteiger charge is -2.31. The van der Waals surface area contributed by atoms with Crippen molar-refractivity contribution in [3.8, 4) is 0 Å². The largest absolute Gasteiger partial charge is 0.352 e. The van der Waals surface area contributed by atoms with Crippen LogP contribution in [0.1, 0.15) is 32.8 Å². The number of rotatable bonds is 11. The topological polar surface area (TPSA) is 86.8 Å². The Labute approximate surface area is 214 Å². The highest BCUT2D eigenvalue weighted by atomic mass is 32.2. The van der Waals surface area contributed by atoms with Crippen LogP contribution in [0.25, 0.3) is 10.8 Å². The zero-order valence-electron chi connectivity index (χ0n) is 21.3. The first-order chi connectivity index (χ1) is 17.1. The molecule has 0 heterocycles. The molecule has 0 aliphatic heterocycles. The van der Waals surface area contributed by atoms with Crippen LogP contribution in [0.5, 0.6) is 0 Å². The minimum Gasteiger partial charge on any atom is -0.352 e. The summed E-state index contributed by atoms with van der Waals surface area (Å²) in [6.45, 7) is 5.48. The molecule has 0 aliphatic carbocycles. The molecule has 1 N–H and O–H groups in total. The number of likely N-dealkylation sites (N-methyl/N-ethyl adjacent to an activating group) is 1. The summed E-state index contributed by atoms with van der Waals surface area (Å²) in [7, 11) is -2.52. The molecule has 192 valence electrons. The number of hydrogen-bond donors (Lipinski definition) is 1. The number of carbonyl (C=O) groups excluding carboxylic acids is 2. The number of fused-ring (bicyclic) bond motifs is 1. The predicted molar refractivity (Wildman–Crippen MR) is 143 cm³/mol. The van der Waals surface area contributed by atoms with Gasteiger partial charge in [-0.3, -0.25) is 9.59 Å². The summed E-state index contributed by atoms with van der Waals surface area (Å²) in [5, 5.41) is 4.66. The van der Waals surface area contributed by atoms with Gasteiger partial charge in [0.2, 0.25) is 21.8 Å². The SMILES string of the molecule is CCC(C)NC(=O)C(C)N(CCc1ccccc1)C(=O)CN(C)S(=O)(=O)c1ccc2ccccc2c1. The van der Waals surface area contributed by atoms with Gasteiger partial charge < -0.3 is 10.2 Å². The van der Waals surface area contributed by atoms with E-state index >= 15 is 0 Å². The molecule has 0 radical (unpaired) electrons. The first kappa shape index (κ1) is 27.4. The fourth-order valence-electron chi connectivity index (χ4n) is 3.91. The van der Waals surface area contributed by atoms with Gasteiger partial charge in [0.15, 0.2) is 0 Å². The van der Waals surface area contributed by atoms with Gasteiger partial charge in [-0.25, -0.2) is 8.42 Å². The van der Waals surface area contributed by atoms with E-state index in [1.807, 2.05) is 68.4 Å². The standard InChI is InChI=1S/C28H35N3O4S/c1-5-21(2)29-28(33)22(3)31(18-17-23-11-7-6-8-12-23)27(32)20-30(4)36(34,35)26-16-15-24-13-9-10-14-25(24)19-26/h6-16,19,21-22H,5,17-18,20H2,1-4H3,(H,29,33). The van der Waals surface area contributed by atoms with Crippen LogP contribution in [0.15, 0.2) is 77.7 Å². The number of carbonyl (C=O) groups is 2. The summed E-state index contributed by atoms with van der Waals surface area (Å²) in [6, 6.07) is 21.3. The predicted octanol–water partition coefficient (Wildman–Crippen LogP) is 3.83. The summed E-state index contributed by atoms with van der Waals surface area (Å²) in [5.74, 6) is -0.685. The van der Waals surface area contributed by atoms with Gasteiger partial charge in [-0.05, 0) is 55.2 Å². The van der Waals surface area contributed by atoms with Crippen molar-refractivity contribution in [2.45, 2.75) is 50.6 Å². The van der Waals surface area contributed by atoms with E-state index in [1.54, 1.807) is 25.1 Å². The molecule has 0 aliphatic rings. The Morgan fingerprint density at radius 1 is 0.917 bits per heavy atom. The van der Waals surface area contributed by atoms with Crippen molar-refractivity contribution in [1.82, 2.24) is 14.5 Å². The molecule has 2 unspecified atom stereocenters. The molecule has 7 nitrogen and oxygen atoms in total. The Bertz CT molecular complexity index is 1290. The first-order valence-corrected chi connectivity index (χ1v) is 13.7. The van der Waals surface area contributed by atoms with Gasteiger partial charge in [-0.15, -0.1) is 0 Å². The second-order valence-electron chi connectivity index (χ2n) is 9.09. The Morgan fingerprint density at radius 2 is 1.56 bits per heavy atom. The maximum Gasteiger partial charge on any atom is 0.243 e. The molecule has 3 aromatic carbocycles. The molecule has 0 saturated heterocycles. The highest BCUT2D eigenvalue weighted by Crippen LogP contribution is 2.21. The number of benzene rings is 3. The lowest BCUT2D eigenvalue weighted by Crippen LogP contribution is -2.52. The Morgan fingerprint density at radius 3 is 2.22 bits per heavy atom. The molecule has 3 rings (SSSR count). The van der Waals surface area contributed by atoms with Crippen LogP contribution in [0, 0.1) is 0 Å². The lowest BCUT2D eigenvalue weighted by atomic mass is 10.1. The number of amides is 2. The van der Waals surface area contributed by atoms with Crippen LogP contribution in [-0.2, 0) is 26.0 Å². The van der Waals surface area contributed by atoms with Crippen LogP contribution < -0.4 is 5.32 Å². The van der Waals surface area contributed by atoms with Gasteiger partial charge in [0.1, 0.15) is 6.04 Å². The van der Waals surface area contributed by atoms with Gasteiger partial charge >= 0.3 is 0 Å². The Balaban J connectivity index is 1.79. The molecule has 0 aromatic heterocycles. The first-order valence-electron chi connectivity index (χ1n) is 12.2. The normalized spacial score (nSPS) is 13.4. The van der Waals surface area contributed by atoms with Crippen molar-refractivity contribution < 1.29 is 18.0 Å².